The third kappa shape index (κ3) is 5.20. The van der Waals surface area contributed by atoms with Crippen molar-refractivity contribution < 1.29 is 18.9 Å². The zero-order valence-corrected chi connectivity index (χ0v) is 26.0. The van der Waals surface area contributed by atoms with Gasteiger partial charge in [0.25, 0.3) is 0 Å². The predicted molar refractivity (Wildman–Crippen MR) is 185 cm³/mol. The van der Waals surface area contributed by atoms with Gasteiger partial charge in [0.1, 0.15) is 36.9 Å². The Balaban J connectivity index is 1.34. The lowest BCUT2D eigenvalue weighted by Gasteiger charge is -2.35. The molecule has 0 spiro atoms. The molecule has 2 saturated heterocycles. The second-order valence-electron chi connectivity index (χ2n) is 12.6. The molecular formula is C43H34O4. The molecule has 2 atom stereocenters. The van der Waals surface area contributed by atoms with E-state index in [1.165, 1.54) is 22.3 Å². The van der Waals surface area contributed by atoms with E-state index in [4.69, 9.17) is 18.9 Å². The molecule has 0 radical (unpaired) electrons. The van der Waals surface area contributed by atoms with Crippen LogP contribution in [0.3, 0.4) is 0 Å². The van der Waals surface area contributed by atoms with E-state index >= 15 is 0 Å². The summed E-state index contributed by atoms with van der Waals surface area (Å²) >= 11 is 0. The standard InChI is InChI=1S/C43H34O4/c1-3-11-29(12-4-1)31-19-33(23-35(21-31)44-25-37-27-46-37)43(41-17-9-7-15-39(41)40-16-8-10-18-42(40)43)34-20-32(30-13-5-2-6-14-30)22-36(24-34)45-26-38-28-47-38/h1-24,37-38H,25-28H2. The summed E-state index contributed by atoms with van der Waals surface area (Å²) in [6, 6.07) is 52.3. The van der Waals surface area contributed by atoms with Crippen LogP contribution in [0, 0.1) is 0 Å². The summed E-state index contributed by atoms with van der Waals surface area (Å²) in [5.41, 5.74) is 11.1. The van der Waals surface area contributed by atoms with Crippen LogP contribution < -0.4 is 9.47 Å². The highest BCUT2D eigenvalue weighted by molar-refractivity contribution is 5.87. The maximum Gasteiger partial charge on any atom is 0.120 e. The molecule has 6 aromatic rings. The van der Waals surface area contributed by atoms with Gasteiger partial charge >= 0.3 is 0 Å². The molecule has 1 aliphatic carbocycles. The number of epoxide rings is 2. The zero-order valence-electron chi connectivity index (χ0n) is 26.0. The Kier molecular flexibility index (Phi) is 6.92. The van der Waals surface area contributed by atoms with Gasteiger partial charge in [0.2, 0.25) is 0 Å². The van der Waals surface area contributed by atoms with Crippen LogP contribution in [0.2, 0.25) is 0 Å². The number of benzene rings is 6. The summed E-state index contributed by atoms with van der Waals surface area (Å²) in [5, 5.41) is 0. The average molecular weight is 615 g/mol. The molecule has 0 saturated carbocycles. The highest BCUT2D eigenvalue weighted by Crippen LogP contribution is 2.57. The fourth-order valence-electron chi connectivity index (χ4n) is 7.12. The Morgan fingerprint density at radius 3 is 1.30 bits per heavy atom. The minimum absolute atomic E-state index is 0.151. The van der Waals surface area contributed by atoms with Crippen molar-refractivity contribution in [2.45, 2.75) is 17.6 Å². The molecule has 2 fully saturated rings. The molecular weight excluding hydrogens is 580 g/mol. The van der Waals surface area contributed by atoms with E-state index in [1.54, 1.807) is 0 Å². The summed E-state index contributed by atoms with van der Waals surface area (Å²) in [4.78, 5) is 0. The first kappa shape index (κ1) is 28.1. The molecule has 4 nitrogen and oxygen atoms in total. The van der Waals surface area contributed by atoms with Crippen LogP contribution in [0.15, 0.2) is 146 Å². The molecule has 0 bridgehead atoms. The lowest BCUT2D eigenvalue weighted by molar-refractivity contribution is 0.262. The minimum atomic E-state index is -0.648. The predicted octanol–water partition coefficient (Wildman–Crippen LogP) is 8.94. The van der Waals surface area contributed by atoms with Crippen molar-refractivity contribution in [3.63, 3.8) is 0 Å². The number of fused-ring (bicyclic) bond motifs is 3. The van der Waals surface area contributed by atoms with E-state index in [-0.39, 0.29) is 12.2 Å². The van der Waals surface area contributed by atoms with Crippen molar-refractivity contribution in [1.82, 2.24) is 0 Å². The first-order valence-electron chi connectivity index (χ1n) is 16.4. The summed E-state index contributed by atoms with van der Waals surface area (Å²) < 4.78 is 24.0. The van der Waals surface area contributed by atoms with Gasteiger partial charge in [-0.15, -0.1) is 0 Å². The average Bonchev–Trinajstić information content (AvgIpc) is 4.08. The van der Waals surface area contributed by atoms with Crippen LogP contribution in [-0.4, -0.2) is 38.6 Å². The summed E-state index contributed by atoms with van der Waals surface area (Å²) in [6.45, 7) is 2.55. The van der Waals surface area contributed by atoms with E-state index < -0.39 is 5.41 Å². The number of rotatable bonds is 10. The highest BCUT2D eigenvalue weighted by Gasteiger charge is 2.47. The topological polar surface area (TPSA) is 43.5 Å². The lowest BCUT2D eigenvalue weighted by Crippen LogP contribution is -2.29. The van der Waals surface area contributed by atoms with Crippen molar-refractivity contribution >= 4 is 0 Å². The van der Waals surface area contributed by atoms with Crippen LogP contribution >= 0.6 is 0 Å². The SMILES string of the molecule is c1ccc(-c2cc(OCC3CO3)cc(C3(c4cc(OCC5CO5)cc(-c5ccccc5)c4)c4ccccc4-c4ccccc43)c2)cc1. The fraction of sp³-hybridized carbons (Fsp3) is 0.163. The molecule has 2 unspecified atom stereocenters. The molecule has 0 N–H and O–H groups in total. The Hall–Kier alpha value is -5.16. The third-order valence-electron chi connectivity index (χ3n) is 9.52. The van der Waals surface area contributed by atoms with Crippen molar-refractivity contribution in [3.8, 4) is 44.9 Å². The van der Waals surface area contributed by atoms with Crippen molar-refractivity contribution in [1.29, 1.82) is 0 Å². The monoisotopic (exact) mass is 614 g/mol. The van der Waals surface area contributed by atoms with E-state index in [1.807, 2.05) is 0 Å². The van der Waals surface area contributed by atoms with Gasteiger partial charge in [-0.1, -0.05) is 109 Å². The van der Waals surface area contributed by atoms with E-state index in [0.717, 1.165) is 58.1 Å². The van der Waals surface area contributed by atoms with Crippen molar-refractivity contribution in [2.75, 3.05) is 26.4 Å². The second kappa shape index (κ2) is 11.6. The third-order valence-corrected chi connectivity index (χ3v) is 9.52. The molecule has 0 aromatic heterocycles. The quantitative estimate of drug-likeness (QED) is 0.144. The summed E-state index contributed by atoms with van der Waals surface area (Å²) in [6.07, 6.45) is 0.303. The van der Waals surface area contributed by atoms with Gasteiger partial charge in [0.05, 0.1) is 18.6 Å². The van der Waals surface area contributed by atoms with Crippen LogP contribution in [0.4, 0.5) is 0 Å². The van der Waals surface area contributed by atoms with Gasteiger partial charge in [-0.3, -0.25) is 0 Å². The molecule has 9 rings (SSSR count). The van der Waals surface area contributed by atoms with E-state index in [0.29, 0.717) is 13.2 Å². The van der Waals surface area contributed by atoms with E-state index in [9.17, 15) is 0 Å². The summed E-state index contributed by atoms with van der Waals surface area (Å²) in [5.74, 6) is 1.67. The van der Waals surface area contributed by atoms with Crippen molar-refractivity contribution in [3.05, 3.63) is 168 Å². The molecule has 3 aliphatic rings. The molecule has 4 heteroatoms. The Morgan fingerprint density at radius 2 is 0.872 bits per heavy atom. The normalized spacial score (nSPS) is 18.2. The fourth-order valence-corrected chi connectivity index (χ4v) is 7.12. The molecule has 6 aromatic carbocycles. The van der Waals surface area contributed by atoms with Gasteiger partial charge < -0.3 is 18.9 Å². The smallest absolute Gasteiger partial charge is 0.120 e. The zero-order chi connectivity index (χ0) is 31.2. The Labute approximate surface area is 275 Å². The largest absolute Gasteiger partial charge is 0.491 e. The van der Waals surface area contributed by atoms with Gasteiger partial charge in [-0.25, -0.2) is 0 Å². The molecule has 47 heavy (non-hydrogen) atoms. The lowest BCUT2D eigenvalue weighted by atomic mass is 9.67. The molecule has 230 valence electrons. The highest BCUT2D eigenvalue weighted by atomic mass is 16.6. The first-order chi connectivity index (χ1) is 23.3. The second-order valence-corrected chi connectivity index (χ2v) is 12.6. The van der Waals surface area contributed by atoms with E-state index in [2.05, 4.69) is 146 Å². The van der Waals surface area contributed by atoms with Gasteiger partial charge in [0, 0.05) is 0 Å². The molecule has 0 amide bonds. The molecule has 2 heterocycles. The van der Waals surface area contributed by atoms with Gasteiger partial charge in [-0.05, 0) is 92.0 Å². The van der Waals surface area contributed by atoms with Crippen LogP contribution in [0.5, 0.6) is 11.5 Å². The summed E-state index contributed by atoms with van der Waals surface area (Å²) in [7, 11) is 0. The Morgan fingerprint density at radius 1 is 0.468 bits per heavy atom. The number of hydrogen-bond donors (Lipinski definition) is 0. The first-order valence-corrected chi connectivity index (χ1v) is 16.4. The maximum atomic E-state index is 6.47. The number of hydrogen-bond acceptors (Lipinski definition) is 4. The van der Waals surface area contributed by atoms with Crippen LogP contribution in [0.1, 0.15) is 22.3 Å². The van der Waals surface area contributed by atoms with Crippen LogP contribution in [-0.2, 0) is 14.9 Å². The number of ether oxygens (including phenoxy) is 4. The van der Waals surface area contributed by atoms with Crippen LogP contribution in [0.25, 0.3) is 33.4 Å². The van der Waals surface area contributed by atoms with Gasteiger partial charge in [-0.2, -0.15) is 0 Å². The minimum Gasteiger partial charge on any atom is -0.491 e. The molecule has 2 aliphatic heterocycles. The van der Waals surface area contributed by atoms with Crippen molar-refractivity contribution in [2.24, 2.45) is 0 Å². The maximum absolute atomic E-state index is 6.47. The Bertz CT molecular complexity index is 1910. The van der Waals surface area contributed by atoms with Gasteiger partial charge in [0.15, 0.2) is 0 Å².